The largest absolute Gasteiger partial charge is 0.493 e. The Morgan fingerprint density at radius 3 is 2.89 bits per heavy atom. The summed E-state index contributed by atoms with van der Waals surface area (Å²) in [5.41, 5.74) is 5.79. The van der Waals surface area contributed by atoms with Crippen molar-refractivity contribution in [3.05, 3.63) is 58.9 Å². The number of benzene rings is 1. The van der Waals surface area contributed by atoms with Crippen LogP contribution in [0.2, 0.25) is 5.02 Å². The lowest BCUT2D eigenvalue weighted by Gasteiger charge is -2.17. The minimum absolute atomic E-state index is 0.112. The molecule has 1 fully saturated rings. The van der Waals surface area contributed by atoms with Crippen LogP contribution >= 0.6 is 11.6 Å². The lowest BCUT2D eigenvalue weighted by atomic mass is 10.0. The second kappa shape index (κ2) is 9.24. The maximum Gasteiger partial charge on any atom is 0.255 e. The van der Waals surface area contributed by atoms with Gasteiger partial charge in [-0.2, -0.15) is 0 Å². The fourth-order valence-corrected chi connectivity index (χ4v) is 5.10. The van der Waals surface area contributed by atoms with E-state index in [1.165, 1.54) is 0 Å². The van der Waals surface area contributed by atoms with Crippen molar-refractivity contribution in [3.63, 3.8) is 0 Å². The van der Waals surface area contributed by atoms with Crippen LogP contribution in [0.25, 0.3) is 22.3 Å². The number of aromatic nitrogens is 3. The number of hydrogen-bond donors (Lipinski definition) is 3. The normalized spacial score (nSPS) is 17.8. The van der Waals surface area contributed by atoms with Crippen LogP contribution in [0.15, 0.2) is 42.6 Å². The molecule has 1 saturated carbocycles. The zero-order valence-electron chi connectivity index (χ0n) is 20.8. The molecule has 0 spiro atoms. The maximum atomic E-state index is 13.2. The number of methoxy groups -OCH3 is 1. The molecule has 3 N–H and O–H groups in total. The highest BCUT2D eigenvalue weighted by molar-refractivity contribution is 6.32. The Morgan fingerprint density at radius 2 is 2.08 bits per heavy atom. The van der Waals surface area contributed by atoms with Crippen LogP contribution in [-0.2, 0) is 0 Å². The number of amides is 1. The fraction of sp³-hybridized carbons (Fsp3) is 0.296. The molecule has 2 aliphatic rings. The predicted octanol–water partition coefficient (Wildman–Crippen LogP) is 4.57. The summed E-state index contributed by atoms with van der Waals surface area (Å²) in [6, 6.07) is 11.3. The number of likely N-dealkylation sites (N-methyl/N-ethyl adjacent to an activating group) is 1. The Kier molecular flexibility index (Phi) is 5.89. The highest BCUT2D eigenvalue weighted by Gasteiger charge is 2.48. The molecule has 37 heavy (non-hydrogen) atoms. The number of anilines is 2. The van der Waals surface area contributed by atoms with Crippen LogP contribution in [0.5, 0.6) is 11.6 Å². The van der Waals surface area contributed by atoms with Gasteiger partial charge < -0.3 is 30.0 Å². The number of fused-ring (bicyclic) bond motifs is 4. The molecule has 3 aromatic heterocycles. The van der Waals surface area contributed by atoms with E-state index in [0.717, 1.165) is 35.4 Å². The number of carbonyl (C=O) groups excluding carboxylic acids is 1. The molecule has 2 atom stereocenters. The second-order valence-corrected chi connectivity index (χ2v) is 9.97. The number of halogens is 1. The van der Waals surface area contributed by atoms with E-state index in [-0.39, 0.29) is 17.9 Å². The zero-order chi connectivity index (χ0) is 25.7. The SMILES string of the molecule is COc1c(Cl)cccc1Nc1c(-c2ccnc3ccc(OCCN(C)C)nc23)[nH]c2c1C(=O)N[C@@H]1C[C@H]21. The first kappa shape index (κ1) is 23.6. The first-order chi connectivity index (χ1) is 17.9. The van der Waals surface area contributed by atoms with Crippen molar-refractivity contribution < 1.29 is 14.3 Å². The summed E-state index contributed by atoms with van der Waals surface area (Å²) in [5, 5.41) is 7.03. The van der Waals surface area contributed by atoms with Crippen LogP contribution in [0.4, 0.5) is 11.4 Å². The molecule has 190 valence electrons. The van der Waals surface area contributed by atoms with Gasteiger partial charge >= 0.3 is 0 Å². The van der Waals surface area contributed by atoms with E-state index in [1.54, 1.807) is 19.4 Å². The maximum absolute atomic E-state index is 13.2. The number of para-hydroxylation sites is 1. The third-order valence-electron chi connectivity index (χ3n) is 6.78. The Labute approximate surface area is 219 Å². The predicted molar refractivity (Wildman–Crippen MR) is 143 cm³/mol. The Balaban J connectivity index is 1.50. The van der Waals surface area contributed by atoms with Gasteiger partial charge in [0.25, 0.3) is 5.91 Å². The molecule has 0 radical (unpaired) electrons. The number of pyridine rings is 2. The summed E-state index contributed by atoms with van der Waals surface area (Å²) in [7, 11) is 5.56. The van der Waals surface area contributed by atoms with Gasteiger partial charge in [-0.3, -0.25) is 9.78 Å². The highest BCUT2D eigenvalue weighted by Crippen LogP contribution is 2.50. The van der Waals surface area contributed by atoms with E-state index >= 15 is 0 Å². The number of ether oxygens (including phenoxy) is 2. The van der Waals surface area contributed by atoms with Crippen molar-refractivity contribution in [1.29, 1.82) is 0 Å². The smallest absolute Gasteiger partial charge is 0.255 e. The van der Waals surface area contributed by atoms with Crippen molar-refractivity contribution in [1.82, 2.24) is 25.2 Å². The first-order valence-corrected chi connectivity index (χ1v) is 12.5. The van der Waals surface area contributed by atoms with Gasteiger partial charge in [-0.25, -0.2) is 4.98 Å². The van der Waals surface area contributed by atoms with E-state index in [2.05, 4.69) is 25.5 Å². The zero-order valence-corrected chi connectivity index (χ0v) is 21.5. The van der Waals surface area contributed by atoms with E-state index in [4.69, 9.17) is 26.1 Å². The Bertz CT molecular complexity index is 1520. The van der Waals surface area contributed by atoms with Gasteiger partial charge in [0.1, 0.15) is 12.1 Å². The van der Waals surface area contributed by atoms with Crippen LogP contribution in [0.3, 0.4) is 0 Å². The minimum atomic E-state index is -0.112. The summed E-state index contributed by atoms with van der Waals surface area (Å²) >= 11 is 6.40. The van der Waals surface area contributed by atoms with E-state index < -0.39 is 0 Å². The summed E-state index contributed by atoms with van der Waals surface area (Å²) < 4.78 is 11.5. The molecule has 1 aliphatic heterocycles. The van der Waals surface area contributed by atoms with Crippen molar-refractivity contribution >= 4 is 39.9 Å². The molecule has 0 saturated heterocycles. The van der Waals surface area contributed by atoms with Crippen LogP contribution in [-0.4, -0.2) is 66.2 Å². The van der Waals surface area contributed by atoms with Gasteiger partial charge in [0.05, 0.1) is 40.3 Å². The molecule has 0 unspecified atom stereocenters. The summed E-state index contributed by atoms with van der Waals surface area (Å²) in [6.07, 6.45) is 2.66. The first-order valence-electron chi connectivity index (χ1n) is 12.1. The molecule has 1 aromatic carbocycles. The van der Waals surface area contributed by atoms with Crippen LogP contribution < -0.4 is 20.1 Å². The standard InChI is InChI=1S/C27H27ClN6O3/c1-34(2)11-12-37-20-8-7-17-22(32-20)14(9-10-29-17)24-25(30-18-6-4-5-16(28)26(18)36-3)21-23(33-24)15-13-19(15)31-27(21)35/h4-10,15,19,30,33H,11-13H2,1-3H3,(H,31,35)/t15-,19+/m0/s1. The van der Waals surface area contributed by atoms with Crippen molar-refractivity contribution in [3.8, 4) is 22.9 Å². The van der Waals surface area contributed by atoms with Crippen LogP contribution in [0.1, 0.15) is 28.4 Å². The van der Waals surface area contributed by atoms with Crippen LogP contribution in [0, 0.1) is 0 Å². The molecule has 1 aliphatic carbocycles. The van der Waals surface area contributed by atoms with Gasteiger partial charge in [0, 0.05) is 42.0 Å². The quantitative estimate of drug-likeness (QED) is 0.314. The number of hydrogen-bond acceptors (Lipinski definition) is 7. The Morgan fingerprint density at radius 1 is 1.22 bits per heavy atom. The third kappa shape index (κ3) is 4.24. The van der Waals surface area contributed by atoms with Gasteiger partial charge in [0.15, 0.2) is 5.75 Å². The summed E-state index contributed by atoms with van der Waals surface area (Å²) in [5.74, 6) is 1.17. The van der Waals surface area contributed by atoms with E-state index in [1.807, 2.05) is 44.4 Å². The monoisotopic (exact) mass is 518 g/mol. The number of rotatable bonds is 8. The number of nitrogens with zero attached hydrogens (tertiary/aromatic N) is 3. The molecule has 6 rings (SSSR count). The van der Waals surface area contributed by atoms with Gasteiger partial charge in [0.2, 0.25) is 5.88 Å². The molecular weight excluding hydrogens is 492 g/mol. The average molecular weight is 519 g/mol. The van der Waals surface area contributed by atoms with Gasteiger partial charge in [-0.1, -0.05) is 17.7 Å². The van der Waals surface area contributed by atoms with Gasteiger partial charge in [-0.15, -0.1) is 0 Å². The van der Waals surface area contributed by atoms with E-state index in [0.29, 0.717) is 45.7 Å². The molecule has 10 heteroatoms. The topological polar surface area (TPSA) is 104 Å². The fourth-order valence-electron chi connectivity index (χ4n) is 4.85. The number of carbonyl (C=O) groups is 1. The lowest BCUT2D eigenvalue weighted by molar-refractivity contribution is 0.0944. The average Bonchev–Trinajstić information content (AvgIpc) is 3.55. The Hall–Kier alpha value is -3.82. The van der Waals surface area contributed by atoms with Crippen molar-refractivity contribution in [2.24, 2.45) is 0 Å². The van der Waals surface area contributed by atoms with Crippen molar-refractivity contribution in [2.75, 3.05) is 39.7 Å². The minimum Gasteiger partial charge on any atom is -0.493 e. The molecule has 9 nitrogen and oxygen atoms in total. The number of H-pyrrole nitrogens is 1. The summed E-state index contributed by atoms with van der Waals surface area (Å²) in [4.78, 5) is 28.1. The number of aromatic amines is 1. The lowest BCUT2D eigenvalue weighted by Crippen LogP contribution is -2.31. The molecule has 4 aromatic rings. The number of nitrogens with one attached hydrogen (secondary N) is 3. The van der Waals surface area contributed by atoms with Gasteiger partial charge in [-0.05, 0) is 44.8 Å². The molecule has 4 heterocycles. The van der Waals surface area contributed by atoms with E-state index in [9.17, 15) is 4.79 Å². The molecular formula is C27H27ClN6O3. The third-order valence-corrected chi connectivity index (χ3v) is 7.08. The highest BCUT2D eigenvalue weighted by atomic mass is 35.5. The van der Waals surface area contributed by atoms with Crippen molar-refractivity contribution in [2.45, 2.75) is 18.4 Å². The second-order valence-electron chi connectivity index (χ2n) is 9.56. The molecule has 1 amide bonds. The summed E-state index contributed by atoms with van der Waals surface area (Å²) in [6.45, 7) is 1.29. The molecule has 0 bridgehead atoms.